The lowest BCUT2D eigenvalue weighted by molar-refractivity contribution is 0.509. The van der Waals surface area contributed by atoms with Crippen molar-refractivity contribution in [3.05, 3.63) is 72.3 Å². The Bertz CT molecular complexity index is 1080. The van der Waals surface area contributed by atoms with Gasteiger partial charge in [-0.2, -0.15) is 0 Å². The Hall–Kier alpha value is -2.77. The molecule has 0 radical (unpaired) electrons. The highest BCUT2D eigenvalue weighted by Gasteiger charge is 2.15. The van der Waals surface area contributed by atoms with E-state index in [1.165, 1.54) is 24.3 Å². The summed E-state index contributed by atoms with van der Waals surface area (Å²) in [6.07, 6.45) is 0. The average molecular weight is 388 g/mol. The van der Waals surface area contributed by atoms with Gasteiger partial charge in [-0.3, -0.25) is 0 Å². The standard InChI is InChI=1S/C20H18F2N2O2S/c1-24(2)15-7-3-13(4-8-15)17-11-19(21)20(22)12-18(17)14-5-9-16(10-6-14)27(23,25)26/h3-12H,1-2H3,(H2,23,25,26). The van der Waals surface area contributed by atoms with Crippen LogP contribution in [0, 0.1) is 11.6 Å². The molecule has 0 bridgehead atoms. The van der Waals surface area contributed by atoms with Crippen LogP contribution in [-0.2, 0) is 10.0 Å². The van der Waals surface area contributed by atoms with Crippen molar-refractivity contribution in [1.29, 1.82) is 0 Å². The normalized spacial score (nSPS) is 11.4. The van der Waals surface area contributed by atoms with Crippen LogP contribution in [0.15, 0.2) is 65.6 Å². The quantitative estimate of drug-likeness (QED) is 0.734. The van der Waals surface area contributed by atoms with Gasteiger partial charge in [0.25, 0.3) is 0 Å². The van der Waals surface area contributed by atoms with Gasteiger partial charge in [-0.05, 0) is 58.7 Å². The van der Waals surface area contributed by atoms with Gasteiger partial charge < -0.3 is 4.90 Å². The van der Waals surface area contributed by atoms with E-state index in [-0.39, 0.29) is 4.90 Å². The Kier molecular flexibility index (Phi) is 4.99. The van der Waals surface area contributed by atoms with Crippen molar-refractivity contribution in [3.63, 3.8) is 0 Å². The first kappa shape index (κ1) is 19.0. The Morgan fingerprint density at radius 3 is 1.56 bits per heavy atom. The molecule has 0 saturated carbocycles. The molecule has 3 aromatic rings. The molecule has 0 saturated heterocycles. The molecule has 2 N–H and O–H groups in total. The molecule has 0 spiro atoms. The molecular weight excluding hydrogens is 370 g/mol. The van der Waals surface area contributed by atoms with E-state index in [0.717, 1.165) is 17.8 Å². The molecule has 0 aliphatic rings. The number of benzene rings is 3. The van der Waals surface area contributed by atoms with Crippen molar-refractivity contribution in [1.82, 2.24) is 0 Å². The van der Waals surface area contributed by atoms with Gasteiger partial charge in [0.05, 0.1) is 4.90 Å². The van der Waals surface area contributed by atoms with Gasteiger partial charge in [-0.25, -0.2) is 22.3 Å². The van der Waals surface area contributed by atoms with E-state index in [4.69, 9.17) is 5.14 Å². The van der Waals surface area contributed by atoms with Crippen LogP contribution in [-0.4, -0.2) is 22.5 Å². The predicted octanol–water partition coefficient (Wildman–Crippen LogP) is 4.01. The van der Waals surface area contributed by atoms with Crippen molar-refractivity contribution < 1.29 is 17.2 Å². The minimum Gasteiger partial charge on any atom is -0.378 e. The van der Waals surface area contributed by atoms with Crippen LogP contribution < -0.4 is 10.0 Å². The van der Waals surface area contributed by atoms with Crippen LogP contribution in [0.4, 0.5) is 14.5 Å². The van der Waals surface area contributed by atoms with Crippen molar-refractivity contribution in [2.24, 2.45) is 5.14 Å². The minimum absolute atomic E-state index is 0.0503. The molecule has 140 valence electrons. The summed E-state index contributed by atoms with van der Waals surface area (Å²) in [6.45, 7) is 0. The number of anilines is 1. The van der Waals surface area contributed by atoms with E-state index in [1.54, 1.807) is 0 Å². The van der Waals surface area contributed by atoms with E-state index in [2.05, 4.69) is 0 Å². The predicted molar refractivity (Wildman–Crippen MR) is 103 cm³/mol. The lowest BCUT2D eigenvalue weighted by Crippen LogP contribution is -2.11. The van der Waals surface area contributed by atoms with Gasteiger partial charge in [-0.1, -0.05) is 24.3 Å². The van der Waals surface area contributed by atoms with Crippen LogP contribution >= 0.6 is 0 Å². The molecule has 3 rings (SSSR count). The number of nitrogens with zero attached hydrogens (tertiary/aromatic N) is 1. The molecular formula is C20H18F2N2O2S. The van der Waals surface area contributed by atoms with E-state index in [1.807, 2.05) is 43.3 Å². The van der Waals surface area contributed by atoms with Crippen LogP contribution in [0.2, 0.25) is 0 Å². The largest absolute Gasteiger partial charge is 0.378 e. The van der Waals surface area contributed by atoms with Gasteiger partial charge >= 0.3 is 0 Å². The zero-order valence-electron chi connectivity index (χ0n) is 14.8. The molecule has 0 amide bonds. The van der Waals surface area contributed by atoms with Crippen LogP contribution in [0.25, 0.3) is 22.3 Å². The van der Waals surface area contributed by atoms with Gasteiger partial charge in [-0.15, -0.1) is 0 Å². The van der Waals surface area contributed by atoms with Gasteiger partial charge in [0, 0.05) is 19.8 Å². The summed E-state index contributed by atoms with van der Waals surface area (Å²) in [5.41, 5.74) is 3.19. The summed E-state index contributed by atoms with van der Waals surface area (Å²) in [7, 11) is -0.0150. The van der Waals surface area contributed by atoms with E-state index < -0.39 is 21.7 Å². The first-order valence-electron chi connectivity index (χ1n) is 8.07. The lowest BCUT2D eigenvalue weighted by Gasteiger charge is -2.15. The summed E-state index contributed by atoms with van der Waals surface area (Å²) in [4.78, 5) is 1.88. The summed E-state index contributed by atoms with van der Waals surface area (Å²) in [5.74, 6) is -1.93. The maximum absolute atomic E-state index is 13.9. The van der Waals surface area contributed by atoms with E-state index in [0.29, 0.717) is 22.3 Å². The van der Waals surface area contributed by atoms with E-state index >= 15 is 0 Å². The maximum Gasteiger partial charge on any atom is 0.238 e. The highest BCUT2D eigenvalue weighted by atomic mass is 32.2. The topological polar surface area (TPSA) is 63.4 Å². The minimum atomic E-state index is -3.83. The van der Waals surface area contributed by atoms with Crippen molar-refractivity contribution in [3.8, 4) is 22.3 Å². The molecule has 7 heteroatoms. The molecule has 4 nitrogen and oxygen atoms in total. The molecule has 0 aliphatic carbocycles. The number of sulfonamides is 1. The van der Waals surface area contributed by atoms with E-state index in [9.17, 15) is 17.2 Å². The van der Waals surface area contributed by atoms with Crippen LogP contribution in [0.3, 0.4) is 0 Å². The van der Waals surface area contributed by atoms with Gasteiger partial charge in [0.1, 0.15) is 0 Å². The molecule has 0 fully saturated rings. The first-order chi connectivity index (χ1) is 12.7. The summed E-state index contributed by atoms with van der Waals surface area (Å²) < 4.78 is 50.6. The first-order valence-corrected chi connectivity index (χ1v) is 9.61. The smallest absolute Gasteiger partial charge is 0.238 e. The van der Waals surface area contributed by atoms with Crippen molar-refractivity contribution >= 4 is 15.7 Å². The monoisotopic (exact) mass is 388 g/mol. The fourth-order valence-corrected chi connectivity index (χ4v) is 3.30. The second-order valence-electron chi connectivity index (χ2n) is 6.32. The highest BCUT2D eigenvalue weighted by molar-refractivity contribution is 7.89. The van der Waals surface area contributed by atoms with Crippen LogP contribution in [0.1, 0.15) is 0 Å². The third-order valence-corrected chi connectivity index (χ3v) is 5.18. The number of halogens is 2. The van der Waals surface area contributed by atoms with Gasteiger partial charge in [0.15, 0.2) is 11.6 Å². The lowest BCUT2D eigenvalue weighted by atomic mass is 9.94. The van der Waals surface area contributed by atoms with Crippen molar-refractivity contribution in [2.45, 2.75) is 4.90 Å². The molecule has 27 heavy (non-hydrogen) atoms. The molecule has 0 aliphatic heterocycles. The fraction of sp³-hybridized carbons (Fsp3) is 0.100. The number of hydrogen-bond acceptors (Lipinski definition) is 3. The molecule has 3 aromatic carbocycles. The SMILES string of the molecule is CN(C)c1ccc(-c2cc(F)c(F)cc2-c2ccc(S(N)(=O)=O)cc2)cc1. The number of nitrogens with two attached hydrogens (primary N) is 1. The Morgan fingerprint density at radius 2 is 1.19 bits per heavy atom. The second-order valence-corrected chi connectivity index (χ2v) is 7.88. The van der Waals surface area contributed by atoms with Crippen LogP contribution in [0.5, 0.6) is 0 Å². The van der Waals surface area contributed by atoms with Crippen molar-refractivity contribution in [2.75, 3.05) is 19.0 Å². The Morgan fingerprint density at radius 1 is 0.778 bits per heavy atom. The molecule has 0 unspecified atom stereocenters. The number of rotatable bonds is 4. The Balaban J connectivity index is 2.14. The molecule has 0 heterocycles. The number of primary sulfonamides is 1. The molecule has 0 aromatic heterocycles. The zero-order valence-corrected chi connectivity index (χ0v) is 15.6. The average Bonchev–Trinajstić information content (AvgIpc) is 2.63. The maximum atomic E-state index is 13.9. The molecule has 0 atom stereocenters. The number of hydrogen-bond donors (Lipinski definition) is 1. The summed E-state index contributed by atoms with van der Waals surface area (Å²) in [5, 5.41) is 5.11. The van der Waals surface area contributed by atoms with Gasteiger partial charge in [0.2, 0.25) is 10.0 Å². The fourth-order valence-electron chi connectivity index (χ4n) is 2.79. The summed E-state index contributed by atoms with van der Waals surface area (Å²) in [6, 6.07) is 15.4. The Labute approximate surface area is 156 Å². The second kappa shape index (κ2) is 7.09. The third-order valence-electron chi connectivity index (χ3n) is 4.25. The summed E-state index contributed by atoms with van der Waals surface area (Å²) >= 11 is 0. The zero-order chi connectivity index (χ0) is 19.8. The third kappa shape index (κ3) is 3.99. The highest BCUT2D eigenvalue weighted by Crippen LogP contribution is 2.35.